The molecule has 0 aromatic carbocycles. The lowest BCUT2D eigenvalue weighted by Crippen LogP contribution is -2.39. The molecule has 0 N–H and O–H groups in total. The van der Waals surface area contributed by atoms with Crippen LogP contribution >= 0.6 is 0 Å². The third-order valence-corrected chi connectivity index (χ3v) is 6.31. The highest BCUT2D eigenvalue weighted by molar-refractivity contribution is 5.95. The first-order chi connectivity index (χ1) is 14.3. The second-order valence-electron chi connectivity index (χ2n) is 8.22. The molecule has 6 heteroatoms. The lowest BCUT2D eigenvalue weighted by molar-refractivity contribution is 0.0659. The Labute approximate surface area is 170 Å². The molecule has 3 aromatic rings. The molecule has 0 bridgehead atoms. The van der Waals surface area contributed by atoms with E-state index in [1.807, 2.05) is 52.0 Å². The van der Waals surface area contributed by atoms with Crippen molar-refractivity contribution in [3.8, 4) is 5.88 Å². The number of carbonyl (C=O) groups excluding carboxylic acids is 1. The van der Waals surface area contributed by atoms with Crippen molar-refractivity contribution >= 4 is 11.4 Å². The highest BCUT2D eigenvalue weighted by Crippen LogP contribution is 2.35. The van der Waals surface area contributed by atoms with Gasteiger partial charge in [0.15, 0.2) is 0 Å². The van der Waals surface area contributed by atoms with Crippen LogP contribution in [0.4, 0.5) is 0 Å². The van der Waals surface area contributed by atoms with Gasteiger partial charge in [-0.1, -0.05) is 12.5 Å². The Bertz CT molecular complexity index is 970. The summed E-state index contributed by atoms with van der Waals surface area (Å²) in [6.07, 6.45) is 11.2. The quantitative estimate of drug-likeness (QED) is 0.662. The SMILES string of the molecule is O=C(c1cc2ccccn2c1)N1CCC(COc2cc(C3CCC3)ncn2)CC1. The zero-order chi connectivity index (χ0) is 19.6. The van der Waals surface area contributed by atoms with Gasteiger partial charge in [0, 0.05) is 43.0 Å². The summed E-state index contributed by atoms with van der Waals surface area (Å²) in [5.74, 6) is 1.84. The predicted molar refractivity (Wildman–Crippen MR) is 110 cm³/mol. The topological polar surface area (TPSA) is 59.7 Å². The Morgan fingerprint density at radius 3 is 2.72 bits per heavy atom. The second-order valence-corrected chi connectivity index (χ2v) is 8.22. The summed E-state index contributed by atoms with van der Waals surface area (Å²) in [6.45, 7) is 2.20. The minimum absolute atomic E-state index is 0.119. The fraction of sp³-hybridized carbons (Fsp3) is 0.435. The number of rotatable bonds is 5. The van der Waals surface area contributed by atoms with Crippen molar-refractivity contribution in [2.75, 3.05) is 19.7 Å². The molecular formula is C23H26N4O2. The number of fused-ring (bicyclic) bond motifs is 1. The smallest absolute Gasteiger partial charge is 0.255 e. The number of hydrogen-bond donors (Lipinski definition) is 0. The Morgan fingerprint density at radius 1 is 1.10 bits per heavy atom. The monoisotopic (exact) mass is 390 g/mol. The molecule has 6 nitrogen and oxygen atoms in total. The van der Waals surface area contributed by atoms with E-state index in [9.17, 15) is 4.79 Å². The van der Waals surface area contributed by atoms with Gasteiger partial charge in [-0.05, 0) is 49.8 Å². The molecule has 150 valence electrons. The molecule has 1 aliphatic carbocycles. The molecule has 29 heavy (non-hydrogen) atoms. The first kappa shape index (κ1) is 18.2. The van der Waals surface area contributed by atoms with Crippen LogP contribution < -0.4 is 4.74 Å². The number of piperidine rings is 1. The summed E-state index contributed by atoms with van der Waals surface area (Å²) in [6, 6.07) is 9.94. The molecule has 0 spiro atoms. The number of hydrogen-bond acceptors (Lipinski definition) is 4. The number of ether oxygens (including phenoxy) is 1. The van der Waals surface area contributed by atoms with E-state index in [-0.39, 0.29) is 5.91 Å². The van der Waals surface area contributed by atoms with E-state index in [4.69, 9.17) is 4.74 Å². The maximum atomic E-state index is 12.9. The van der Waals surface area contributed by atoms with Gasteiger partial charge in [-0.3, -0.25) is 4.79 Å². The molecule has 2 aliphatic rings. The average Bonchev–Trinajstić information content (AvgIpc) is 3.15. The van der Waals surface area contributed by atoms with Crippen molar-refractivity contribution < 1.29 is 9.53 Å². The highest BCUT2D eigenvalue weighted by atomic mass is 16.5. The molecule has 4 heterocycles. The summed E-state index contributed by atoms with van der Waals surface area (Å²) < 4.78 is 7.96. The van der Waals surface area contributed by atoms with Crippen LogP contribution in [-0.4, -0.2) is 44.9 Å². The fourth-order valence-electron chi connectivity index (χ4n) is 4.22. The molecule has 1 saturated heterocycles. The van der Waals surface area contributed by atoms with Crippen LogP contribution in [0.3, 0.4) is 0 Å². The Hall–Kier alpha value is -2.89. The van der Waals surface area contributed by atoms with Gasteiger partial charge >= 0.3 is 0 Å². The molecule has 0 radical (unpaired) electrons. The van der Waals surface area contributed by atoms with Crippen molar-refractivity contribution in [1.82, 2.24) is 19.3 Å². The van der Waals surface area contributed by atoms with E-state index in [0.717, 1.165) is 42.7 Å². The first-order valence-electron chi connectivity index (χ1n) is 10.6. The van der Waals surface area contributed by atoms with Crippen molar-refractivity contribution in [2.24, 2.45) is 5.92 Å². The maximum absolute atomic E-state index is 12.9. The third-order valence-electron chi connectivity index (χ3n) is 6.31. The van der Waals surface area contributed by atoms with E-state index in [0.29, 0.717) is 24.3 Å². The standard InChI is InChI=1S/C23H26N4O2/c28-23(19-12-20-6-1-2-9-27(20)14-19)26-10-7-17(8-11-26)15-29-22-13-21(24-16-25-22)18-4-3-5-18/h1-2,6,9,12-14,16-18H,3-5,7-8,10-11,15H2. The molecule has 1 amide bonds. The molecule has 1 aliphatic heterocycles. The van der Waals surface area contributed by atoms with E-state index >= 15 is 0 Å². The van der Waals surface area contributed by atoms with Crippen LogP contribution in [0, 0.1) is 5.92 Å². The van der Waals surface area contributed by atoms with Crippen LogP contribution in [0.25, 0.3) is 5.52 Å². The third kappa shape index (κ3) is 3.84. The van der Waals surface area contributed by atoms with E-state index in [1.54, 1.807) is 6.33 Å². The molecule has 1 saturated carbocycles. The van der Waals surface area contributed by atoms with Gasteiger partial charge in [-0.15, -0.1) is 0 Å². The summed E-state index contributed by atoms with van der Waals surface area (Å²) >= 11 is 0. The number of carbonyl (C=O) groups is 1. The number of likely N-dealkylation sites (tertiary alicyclic amines) is 1. The van der Waals surface area contributed by atoms with Crippen LogP contribution in [-0.2, 0) is 0 Å². The van der Waals surface area contributed by atoms with Crippen molar-refractivity contribution in [2.45, 2.75) is 38.0 Å². The minimum atomic E-state index is 0.119. The molecule has 5 rings (SSSR count). The van der Waals surface area contributed by atoms with Gasteiger partial charge in [0.1, 0.15) is 6.33 Å². The lowest BCUT2D eigenvalue weighted by Gasteiger charge is -2.31. The largest absolute Gasteiger partial charge is 0.477 e. The average molecular weight is 390 g/mol. The first-order valence-corrected chi connectivity index (χ1v) is 10.6. The van der Waals surface area contributed by atoms with E-state index in [2.05, 4.69) is 9.97 Å². The highest BCUT2D eigenvalue weighted by Gasteiger charge is 2.25. The zero-order valence-corrected chi connectivity index (χ0v) is 16.5. The number of pyridine rings is 1. The molecule has 2 fully saturated rings. The summed E-state index contributed by atoms with van der Waals surface area (Å²) in [7, 11) is 0. The van der Waals surface area contributed by atoms with Crippen molar-refractivity contribution in [3.63, 3.8) is 0 Å². The Kier molecular flexibility index (Phi) is 4.92. The molecule has 0 atom stereocenters. The molecular weight excluding hydrogens is 364 g/mol. The van der Waals surface area contributed by atoms with Crippen molar-refractivity contribution in [1.29, 1.82) is 0 Å². The van der Waals surface area contributed by atoms with Gasteiger partial charge in [-0.25, -0.2) is 9.97 Å². The minimum Gasteiger partial charge on any atom is -0.477 e. The summed E-state index contributed by atoms with van der Waals surface area (Å²) in [5, 5.41) is 0. The number of amides is 1. The van der Waals surface area contributed by atoms with E-state index in [1.165, 1.54) is 19.3 Å². The Morgan fingerprint density at radius 2 is 1.97 bits per heavy atom. The normalized spacial score (nSPS) is 18.0. The lowest BCUT2D eigenvalue weighted by atomic mass is 9.83. The van der Waals surface area contributed by atoms with Gasteiger partial charge in [0.2, 0.25) is 5.88 Å². The summed E-state index contributed by atoms with van der Waals surface area (Å²) in [5.41, 5.74) is 2.92. The second kappa shape index (κ2) is 7.85. The van der Waals surface area contributed by atoms with Crippen LogP contribution in [0.2, 0.25) is 0 Å². The fourth-order valence-corrected chi connectivity index (χ4v) is 4.22. The number of aromatic nitrogens is 3. The van der Waals surface area contributed by atoms with Gasteiger partial charge in [-0.2, -0.15) is 0 Å². The van der Waals surface area contributed by atoms with Gasteiger partial charge in [0.05, 0.1) is 17.9 Å². The molecule has 3 aromatic heterocycles. The Balaban J connectivity index is 1.14. The van der Waals surface area contributed by atoms with Crippen molar-refractivity contribution in [3.05, 3.63) is 60.3 Å². The predicted octanol–water partition coefficient (Wildman–Crippen LogP) is 3.93. The molecule has 0 unspecified atom stereocenters. The van der Waals surface area contributed by atoms with Crippen LogP contribution in [0.15, 0.2) is 49.1 Å². The van der Waals surface area contributed by atoms with Gasteiger partial charge < -0.3 is 14.0 Å². The number of nitrogens with zero attached hydrogens (tertiary/aromatic N) is 4. The zero-order valence-electron chi connectivity index (χ0n) is 16.5. The van der Waals surface area contributed by atoms with Crippen LogP contribution in [0.5, 0.6) is 5.88 Å². The van der Waals surface area contributed by atoms with E-state index < -0.39 is 0 Å². The maximum Gasteiger partial charge on any atom is 0.255 e. The van der Waals surface area contributed by atoms with Gasteiger partial charge in [0.25, 0.3) is 5.91 Å². The summed E-state index contributed by atoms with van der Waals surface area (Å²) in [4.78, 5) is 23.5. The van der Waals surface area contributed by atoms with Crippen LogP contribution in [0.1, 0.15) is 54.1 Å².